The molecule has 0 saturated carbocycles. The molecule has 9 nitrogen and oxygen atoms in total. The van der Waals surface area contributed by atoms with Crippen molar-refractivity contribution in [2.24, 2.45) is 0 Å². The Bertz CT molecular complexity index is 1100. The number of ketones is 1. The van der Waals surface area contributed by atoms with Crippen molar-refractivity contribution in [3.8, 4) is 11.5 Å². The number of hydrogen-bond donors (Lipinski definition) is 1. The fraction of sp³-hybridized carbons (Fsp3) is 0.0500. The summed E-state index contributed by atoms with van der Waals surface area (Å²) in [5.74, 6) is -1.81. The molecule has 3 aromatic rings. The second kappa shape index (κ2) is 8.17. The Kier molecular flexibility index (Phi) is 5.49. The van der Waals surface area contributed by atoms with Gasteiger partial charge >= 0.3 is 5.69 Å². The topological polar surface area (TPSA) is 133 Å². The lowest BCUT2D eigenvalue weighted by Gasteiger charge is -2.10. The smallest absolute Gasteiger partial charge is 0.315 e. The van der Waals surface area contributed by atoms with Crippen LogP contribution in [-0.2, 0) is 6.61 Å². The first-order chi connectivity index (χ1) is 13.9. The molecule has 0 saturated heterocycles. The van der Waals surface area contributed by atoms with E-state index in [1.165, 1.54) is 18.2 Å². The fourth-order valence-electron chi connectivity index (χ4n) is 2.69. The maximum atomic E-state index is 12.8. The summed E-state index contributed by atoms with van der Waals surface area (Å²) in [7, 11) is 0. The summed E-state index contributed by atoms with van der Waals surface area (Å²) < 4.78 is 5.48. The van der Waals surface area contributed by atoms with Crippen LogP contribution in [0.3, 0.4) is 0 Å². The van der Waals surface area contributed by atoms with Crippen LogP contribution in [0.4, 0.5) is 11.4 Å². The third-order valence-corrected chi connectivity index (χ3v) is 4.10. The Morgan fingerprint density at radius 2 is 1.52 bits per heavy atom. The van der Waals surface area contributed by atoms with E-state index >= 15 is 0 Å². The van der Waals surface area contributed by atoms with E-state index in [2.05, 4.69) is 0 Å². The van der Waals surface area contributed by atoms with Crippen LogP contribution in [0.5, 0.6) is 11.5 Å². The lowest BCUT2D eigenvalue weighted by Crippen LogP contribution is -2.07. The van der Waals surface area contributed by atoms with Gasteiger partial charge in [-0.15, -0.1) is 0 Å². The van der Waals surface area contributed by atoms with Crippen LogP contribution >= 0.6 is 0 Å². The van der Waals surface area contributed by atoms with Crippen molar-refractivity contribution in [3.63, 3.8) is 0 Å². The van der Waals surface area contributed by atoms with Gasteiger partial charge in [-0.05, 0) is 17.7 Å². The number of hydrogen-bond acceptors (Lipinski definition) is 7. The summed E-state index contributed by atoms with van der Waals surface area (Å²) >= 11 is 0. The van der Waals surface area contributed by atoms with Gasteiger partial charge in [0.1, 0.15) is 12.2 Å². The van der Waals surface area contributed by atoms with E-state index < -0.39 is 32.8 Å². The van der Waals surface area contributed by atoms with Crippen LogP contribution in [0.2, 0.25) is 0 Å². The lowest BCUT2D eigenvalue weighted by molar-refractivity contribution is -0.386. The second-order valence-corrected chi connectivity index (χ2v) is 5.98. The predicted octanol–water partition coefficient (Wildman–Crippen LogP) is 4.02. The molecule has 0 atom stereocenters. The van der Waals surface area contributed by atoms with Crippen molar-refractivity contribution >= 4 is 17.2 Å². The van der Waals surface area contributed by atoms with Crippen molar-refractivity contribution < 1.29 is 24.5 Å². The van der Waals surface area contributed by atoms with Crippen LogP contribution in [0.1, 0.15) is 21.5 Å². The number of phenolic OH excluding ortho intramolecular Hbond substituents is 1. The number of nitro benzene ring substituents is 2. The minimum absolute atomic E-state index is 0.00527. The molecule has 0 aliphatic heterocycles. The molecule has 9 heteroatoms. The molecule has 3 aromatic carbocycles. The highest BCUT2D eigenvalue weighted by molar-refractivity contribution is 6.12. The van der Waals surface area contributed by atoms with E-state index in [4.69, 9.17) is 4.74 Å². The largest absolute Gasteiger partial charge is 0.500 e. The number of carbonyl (C=O) groups is 1. The minimum Gasteiger partial charge on any atom is -0.500 e. The Labute approximate surface area is 164 Å². The molecular formula is C20H14N2O7. The van der Waals surface area contributed by atoms with E-state index in [0.717, 1.165) is 23.8 Å². The molecule has 0 fully saturated rings. The Morgan fingerprint density at radius 1 is 0.897 bits per heavy atom. The third kappa shape index (κ3) is 4.19. The summed E-state index contributed by atoms with van der Waals surface area (Å²) in [4.78, 5) is 33.7. The number of rotatable bonds is 7. The summed E-state index contributed by atoms with van der Waals surface area (Å²) in [5, 5.41) is 32.7. The van der Waals surface area contributed by atoms with Crippen LogP contribution in [-0.4, -0.2) is 20.7 Å². The molecule has 0 bridgehead atoms. The molecule has 0 spiro atoms. The minimum atomic E-state index is -0.860. The zero-order valence-corrected chi connectivity index (χ0v) is 14.8. The average Bonchev–Trinajstić information content (AvgIpc) is 2.73. The van der Waals surface area contributed by atoms with Crippen molar-refractivity contribution in [3.05, 3.63) is 104 Å². The number of aromatic hydroxyl groups is 1. The number of nitrogens with zero attached hydrogens (tertiary/aromatic N) is 2. The summed E-state index contributed by atoms with van der Waals surface area (Å²) in [6, 6.07) is 16.1. The molecule has 1 N–H and O–H groups in total. The zero-order valence-electron chi connectivity index (χ0n) is 14.8. The van der Waals surface area contributed by atoms with Crippen LogP contribution in [0.25, 0.3) is 0 Å². The van der Waals surface area contributed by atoms with Crippen molar-refractivity contribution in [1.82, 2.24) is 0 Å². The third-order valence-electron chi connectivity index (χ3n) is 4.10. The highest BCUT2D eigenvalue weighted by Gasteiger charge is 2.26. The Hall–Kier alpha value is -4.27. The van der Waals surface area contributed by atoms with Gasteiger partial charge in [-0.25, -0.2) is 0 Å². The molecule has 0 aliphatic rings. The molecule has 0 amide bonds. The first kappa shape index (κ1) is 19.5. The van der Waals surface area contributed by atoms with Crippen molar-refractivity contribution in [1.29, 1.82) is 0 Å². The SMILES string of the molecule is O=C(c1cc(OCc2ccccc2)c(O)c([N+](=O)[O-])c1)c1ccccc1[N+](=O)[O-]. The molecule has 0 heterocycles. The van der Waals surface area contributed by atoms with Gasteiger partial charge in [-0.1, -0.05) is 42.5 Å². The second-order valence-electron chi connectivity index (χ2n) is 5.98. The highest BCUT2D eigenvalue weighted by Crippen LogP contribution is 2.38. The standard InChI is InChI=1S/C20H14N2O7/c23-19(15-8-4-5-9-16(15)21(25)26)14-10-17(22(27)28)20(24)18(11-14)29-12-13-6-2-1-3-7-13/h1-11,24H,12H2. The van der Waals surface area contributed by atoms with Crippen molar-refractivity contribution in [2.75, 3.05) is 0 Å². The van der Waals surface area contributed by atoms with E-state index in [0.29, 0.717) is 0 Å². The molecule has 0 aliphatic carbocycles. The summed E-state index contributed by atoms with van der Waals surface area (Å²) in [6.07, 6.45) is 0. The molecule has 29 heavy (non-hydrogen) atoms. The van der Waals surface area contributed by atoms with Gasteiger partial charge in [0.25, 0.3) is 5.69 Å². The van der Waals surface area contributed by atoms with Crippen LogP contribution < -0.4 is 4.74 Å². The van der Waals surface area contributed by atoms with Gasteiger partial charge in [0.05, 0.1) is 9.85 Å². The molecule has 0 unspecified atom stereocenters. The molecular weight excluding hydrogens is 380 g/mol. The lowest BCUT2D eigenvalue weighted by atomic mass is 10.0. The number of phenols is 1. The van der Waals surface area contributed by atoms with E-state index in [1.54, 1.807) is 30.3 Å². The molecule has 0 aromatic heterocycles. The van der Waals surface area contributed by atoms with E-state index in [9.17, 15) is 30.1 Å². The first-order valence-corrected chi connectivity index (χ1v) is 8.34. The van der Waals surface area contributed by atoms with Crippen LogP contribution in [0.15, 0.2) is 66.7 Å². The normalized spacial score (nSPS) is 10.3. The van der Waals surface area contributed by atoms with E-state index in [-0.39, 0.29) is 23.5 Å². The van der Waals surface area contributed by atoms with E-state index in [1.807, 2.05) is 0 Å². The van der Waals surface area contributed by atoms with Gasteiger partial charge in [0.15, 0.2) is 11.5 Å². The van der Waals surface area contributed by atoms with Gasteiger partial charge in [-0.2, -0.15) is 0 Å². The van der Waals surface area contributed by atoms with Gasteiger partial charge < -0.3 is 9.84 Å². The number of ether oxygens (including phenoxy) is 1. The quantitative estimate of drug-likeness (QED) is 0.363. The van der Waals surface area contributed by atoms with Crippen molar-refractivity contribution in [2.45, 2.75) is 6.61 Å². The number of carbonyl (C=O) groups excluding carboxylic acids is 1. The highest BCUT2D eigenvalue weighted by atomic mass is 16.6. The molecule has 3 rings (SSSR count). The first-order valence-electron chi connectivity index (χ1n) is 8.34. The maximum Gasteiger partial charge on any atom is 0.315 e. The predicted molar refractivity (Wildman–Crippen MR) is 102 cm³/mol. The number of benzene rings is 3. The summed E-state index contributed by atoms with van der Waals surface area (Å²) in [5.41, 5.74) is -0.874. The Balaban J connectivity index is 2.03. The fourth-order valence-corrected chi connectivity index (χ4v) is 2.69. The maximum absolute atomic E-state index is 12.8. The monoisotopic (exact) mass is 394 g/mol. The van der Waals surface area contributed by atoms with Gasteiger partial charge in [0.2, 0.25) is 5.75 Å². The Morgan fingerprint density at radius 3 is 2.17 bits per heavy atom. The summed E-state index contributed by atoms with van der Waals surface area (Å²) in [6.45, 7) is -0.00527. The zero-order chi connectivity index (χ0) is 21.0. The van der Waals surface area contributed by atoms with Gasteiger partial charge in [-0.3, -0.25) is 25.0 Å². The van der Waals surface area contributed by atoms with Gasteiger partial charge in [0, 0.05) is 17.7 Å². The number of para-hydroxylation sites is 1. The average molecular weight is 394 g/mol. The molecule has 146 valence electrons. The van der Waals surface area contributed by atoms with Crippen LogP contribution in [0, 0.1) is 20.2 Å². The number of nitro groups is 2. The molecule has 0 radical (unpaired) electrons.